The minimum atomic E-state index is -0.402. The average Bonchev–Trinajstić information content (AvgIpc) is 3.41. The second kappa shape index (κ2) is 9.52. The molecule has 176 valence electrons. The Morgan fingerprint density at radius 2 is 2.03 bits per heavy atom. The molecule has 1 aromatic heterocycles. The van der Waals surface area contributed by atoms with Crippen molar-refractivity contribution >= 4 is 6.09 Å². The lowest BCUT2D eigenvalue weighted by molar-refractivity contribution is 0.00421. The third kappa shape index (κ3) is 5.19. The second-order valence-electron chi connectivity index (χ2n) is 10.0. The van der Waals surface area contributed by atoms with Crippen molar-refractivity contribution in [1.82, 2.24) is 20.0 Å². The molecule has 8 heteroatoms. The molecule has 0 spiro atoms. The van der Waals surface area contributed by atoms with Gasteiger partial charge in [-0.15, -0.1) is 0 Å². The zero-order chi connectivity index (χ0) is 23.6. The fourth-order valence-electron chi connectivity index (χ4n) is 5.18. The third-order valence-electron chi connectivity index (χ3n) is 6.68. The highest BCUT2D eigenvalue weighted by Crippen LogP contribution is 2.43. The Morgan fingerprint density at radius 3 is 2.64 bits per heavy atom. The number of hydrogen-bond donors (Lipinski definition) is 1. The fraction of sp³-hybridized carbons (Fsp3) is 0.560. The number of carbonyl (C=O) groups is 1. The Labute approximate surface area is 194 Å². The predicted molar refractivity (Wildman–Crippen MR) is 122 cm³/mol. The lowest BCUT2D eigenvalue weighted by Gasteiger charge is -2.43. The normalized spacial score (nSPS) is 25.4. The van der Waals surface area contributed by atoms with E-state index < -0.39 is 6.10 Å². The summed E-state index contributed by atoms with van der Waals surface area (Å²) in [6.45, 7) is 7.81. The molecule has 0 radical (unpaired) electrons. The number of ether oxygens (including phenoxy) is 1. The number of benzene rings is 1. The van der Waals surface area contributed by atoms with Gasteiger partial charge in [-0.05, 0) is 82.7 Å². The molecular weight excluding hydrogens is 421 g/mol. The standard InChI is InChI=1S/C25H32FN5O2/c1-25(2,3)31(21-5-4-11-28-16-21)24(32)33-23-14-18(17-6-8-19(26)9-7-17)13-22(23)30-12-10-20(15-27)29-30/h6-10,12,18,21-23,28H,4-5,11,13-14,16H2,1-3H3/t18?,21?,22?,23-/m1/s1. The maximum Gasteiger partial charge on any atom is 0.410 e. The molecule has 1 saturated carbocycles. The van der Waals surface area contributed by atoms with E-state index in [0.717, 1.165) is 31.5 Å². The van der Waals surface area contributed by atoms with Gasteiger partial charge >= 0.3 is 6.09 Å². The molecule has 1 aliphatic heterocycles. The number of piperidine rings is 1. The van der Waals surface area contributed by atoms with Crippen LogP contribution in [0.15, 0.2) is 36.5 Å². The number of carbonyl (C=O) groups excluding carboxylic acids is 1. The summed E-state index contributed by atoms with van der Waals surface area (Å²) in [5, 5.41) is 17.0. The van der Waals surface area contributed by atoms with Crippen LogP contribution in [0.2, 0.25) is 0 Å². The van der Waals surface area contributed by atoms with E-state index in [-0.39, 0.29) is 35.5 Å². The van der Waals surface area contributed by atoms with Crippen LogP contribution < -0.4 is 5.32 Å². The van der Waals surface area contributed by atoms with E-state index in [9.17, 15) is 14.4 Å². The third-order valence-corrected chi connectivity index (χ3v) is 6.68. The van der Waals surface area contributed by atoms with Gasteiger partial charge in [0.2, 0.25) is 0 Å². The van der Waals surface area contributed by atoms with E-state index in [2.05, 4.69) is 16.5 Å². The van der Waals surface area contributed by atoms with Gasteiger partial charge in [-0.3, -0.25) is 9.58 Å². The molecule has 4 atom stereocenters. The number of halogens is 1. The van der Waals surface area contributed by atoms with Crippen LogP contribution in [-0.2, 0) is 4.74 Å². The summed E-state index contributed by atoms with van der Waals surface area (Å²) < 4.78 is 21.4. The minimum absolute atomic E-state index is 0.0777. The molecule has 0 bridgehead atoms. The van der Waals surface area contributed by atoms with Crippen molar-refractivity contribution in [2.45, 2.75) is 76.1 Å². The molecule has 33 heavy (non-hydrogen) atoms. The summed E-state index contributed by atoms with van der Waals surface area (Å²) in [7, 11) is 0. The molecule has 1 amide bonds. The Morgan fingerprint density at radius 1 is 1.27 bits per heavy atom. The van der Waals surface area contributed by atoms with Crippen molar-refractivity contribution in [3.63, 3.8) is 0 Å². The van der Waals surface area contributed by atoms with E-state index in [0.29, 0.717) is 18.5 Å². The SMILES string of the molecule is CC(C)(C)N(C(=O)O[C@@H]1CC(c2ccc(F)cc2)CC1n1ccc(C#N)n1)C1CCCNC1. The number of amides is 1. The zero-order valence-electron chi connectivity index (χ0n) is 19.5. The minimum Gasteiger partial charge on any atom is -0.444 e. The van der Waals surface area contributed by atoms with Crippen LogP contribution in [0.4, 0.5) is 9.18 Å². The first-order valence-corrected chi connectivity index (χ1v) is 11.7. The van der Waals surface area contributed by atoms with Gasteiger partial charge in [-0.1, -0.05) is 12.1 Å². The molecule has 3 unspecified atom stereocenters. The van der Waals surface area contributed by atoms with Crippen molar-refractivity contribution in [3.05, 3.63) is 53.6 Å². The first-order chi connectivity index (χ1) is 15.8. The molecule has 1 saturated heterocycles. The van der Waals surface area contributed by atoms with Gasteiger partial charge in [0.05, 0.1) is 6.04 Å². The largest absolute Gasteiger partial charge is 0.444 e. The maximum atomic E-state index is 13.5. The van der Waals surface area contributed by atoms with E-state index in [4.69, 9.17) is 4.74 Å². The average molecular weight is 454 g/mol. The van der Waals surface area contributed by atoms with E-state index in [1.807, 2.05) is 25.7 Å². The van der Waals surface area contributed by atoms with Gasteiger partial charge in [-0.25, -0.2) is 9.18 Å². The number of nitrogens with one attached hydrogen (secondary N) is 1. The molecule has 1 N–H and O–H groups in total. The molecule has 1 aliphatic carbocycles. The summed E-state index contributed by atoms with van der Waals surface area (Å²) in [6.07, 6.45) is 4.31. The summed E-state index contributed by atoms with van der Waals surface area (Å²) in [5.41, 5.74) is 0.955. The smallest absolute Gasteiger partial charge is 0.410 e. The Kier molecular flexibility index (Phi) is 6.71. The molecule has 2 heterocycles. The predicted octanol–water partition coefficient (Wildman–Crippen LogP) is 4.37. The number of nitrogens with zero attached hydrogens (tertiary/aromatic N) is 4. The van der Waals surface area contributed by atoms with Crippen LogP contribution in [0, 0.1) is 17.1 Å². The second-order valence-corrected chi connectivity index (χ2v) is 10.0. The molecular formula is C25H32FN5O2. The number of nitriles is 1. The van der Waals surface area contributed by atoms with Crippen LogP contribution in [0.25, 0.3) is 0 Å². The van der Waals surface area contributed by atoms with Crippen molar-refractivity contribution in [2.75, 3.05) is 13.1 Å². The molecule has 2 fully saturated rings. The molecule has 2 aromatic rings. The van der Waals surface area contributed by atoms with Gasteiger partial charge < -0.3 is 10.1 Å². The van der Waals surface area contributed by atoms with Gasteiger partial charge in [0.25, 0.3) is 0 Å². The van der Waals surface area contributed by atoms with Crippen molar-refractivity contribution in [3.8, 4) is 6.07 Å². The number of aromatic nitrogens is 2. The fourth-order valence-corrected chi connectivity index (χ4v) is 5.18. The highest BCUT2D eigenvalue weighted by Gasteiger charge is 2.42. The van der Waals surface area contributed by atoms with Crippen LogP contribution in [0.5, 0.6) is 0 Å². The van der Waals surface area contributed by atoms with Crippen LogP contribution in [-0.4, -0.2) is 51.5 Å². The lowest BCUT2D eigenvalue weighted by atomic mass is 9.97. The van der Waals surface area contributed by atoms with Gasteiger partial charge in [-0.2, -0.15) is 10.4 Å². The Hall–Kier alpha value is -2.92. The summed E-state index contributed by atoms with van der Waals surface area (Å²) >= 11 is 0. The van der Waals surface area contributed by atoms with Gasteiger partial charge in [0.15, 0.2) is 5.69 Å². The lowest BCUT2D eigenvalue weighted by Crippen LogP contribution is -2.57. The first-order valence-electron chi connectivity index (χ1n) is 11.7. The molecule has 7 nitrogen and oxygen atoms in total. The van der Waals surface area contributed by atoms with Crippen LogP contribution >= 0.6 is 0 Å². The topological polar surface area (TPSA) is 83.2 Å². The van der Waals surface area contributed by atoms with Crippen molar-refractivity contribution in [2.24, 2.45) is 0 Å². The van der Waals surface area contributed by atoms with Crippen LogP contribution in [0.3, 0.4) is 0 Å². The monoisotopic (exact) mass is 453 g/mol. The molecule has 4 rings (SSSR count). The Balaban J connectivity index is 1.58. The highest BCUT2D eigenvalue weighted by molar-refractivity contribution is 5.69. The first kappa shape index (κ1) is 23.2. The van der Waals surface area contributed by atoms with E-state index in [1.54, 1.807) is 29.1 Å². The van der Waals surface area contributed by atoms with Crippen LogP contribution in [0.1, 0.15) is 69.7 Å². The summed E-state index contributed by atoms with van der Waals surface area (Å²) in [6, 6.07) is 10.1. The van der Waals surface area contributed by atoms with E-state index >= 15 is 0 Å². The van der Waals surface area contributed by atoms with Gasteiger partial charge in [0, 0.05) is 24.3 Å². The summed E-state index contributed by atoms with van der Waals surface area (Å²) in [5.74, 6) is -0.175. The number of rotatable bonds is 4. The molecule has 2 aliphatic rings. The van der Waals surface area contributed by atoms with E-state index in [1.165, 1.54) is 12.1 Å². The quantitative estimate of drug-likeness (QED) is 0.743. The zero-order valence-corrected chi connectivity index (χ0v) is 19.5. The Bertz CT molecular complexity index is 1000. The van der Waals surface area contributed by atoms with Gasteiger partial charge in [0.1, 0.15) is 18.0 Å². The molecule has 1 aromatic carbocycles. The van der Waals surface area contributed by atoms with Crippen molar-refractivity contribution < 1.29 is 13.9 Å². The maximum absolute atomic E-state index is 13.5. The number of hydrogen-bond acceptors (Lipinski definition) is 5. The van der Waals surface area contributed by atoms with Crippen molar-refractivity contribution in [1.29, 1.82) is 5.26 Å². The summed E-state index contributed by atoms with van der Waals surface area (Å²) in [4.78, 5) is 15.4. The highest BCUT2D eigenvalue weighted by atomic mass is 19.1.